The molecule has 1 aliphatic carbocycles. The molecule has 2 unspecified atom stereocenters. The number of nitrogens with one attached hydrogen (secondary N) is 1. The molecular formula is C25H15Cl5F4N2O2. The van der Waals surface area contributed by atoms with Crippen molar-refractivity contribution >= 4 is 81.2 Å². The zero-order chi connectivity index (χ0) is 28.0. The monoisotopic (exact) mass is 626 g/mol. The third-order valence-electron chi connectivity index (χ3n) is 5.77. The molecule has 0 radical (unpaired) electrons. The van der Waals surface area contributed by atoms with Crippen molar-refractivity contribution in [3.63, 3.8) is 0 Å². The van der Waals surface area contributed by atoms with Crippen molar-refractivity contribution in [3.05, 3.63) is 92.7 Å². The van der Waals surface area contributed by atoms with Gasteiger partial charge in [-0.3, -0.25) is 14.5 Å². The van der Waals surface area contributed by atoms with Crippen molar-refractivity contribution in [3.8, 4) is 0 Å². The first-order valence-electron chi connectivity index (χ1n) is 10.8. The summed E-state index contributed by atoms with van der Waals surface area (Å²) in [6.07, 6.45) is -4.77. The molecule has 0 aliphatic heterocycles. The Morgan fingerprint density at radius 1 is 0.921 bits per heavy atom. The number of rotatable bonds is 6. The van der Waals surface area contributed by atoms with Crippen molar-refractivity contribution in [2.75, 3.05) is 16.8 Å². The first-order chi connectivity index (χ1) is 17.7. The van der Waals surface area contributed by atoms with E-state index in [2.05, 4.69) is 5.32 Å². The molecule has 4 nitrogen and oxygen atoms in total. The van der Waals surface area contributed by atoms with Crippen molar-refractivity contribution in [2.24, 2.45) is 5.92 Å². The van der Waals surface area contributed by atoms with Gasteiger partial charge in [0.1, 0.15) is 16.7 Å². The van der Waals surface area contributed by atoms with Gasteiger partial charge in [-0.05, 0) is 66.2 Å². The first-order valence-corrected chi connectivity index (χ1v) is 12.6. The molecule has 2 atom stereocenters. The van der Waals surface area contributed by atoms with Gasteiger partial charge in [-0.2, -0.15) is 13.2 Å². The lowest BCUT2D eigenvalue weighted by Crippen LogP contribution is -2.39. The normalized spacial score (nSPS) is 18.1. The molecule has 1 fully saturated rings. The molecule has 0 heterocycles. The van der Waals surface area contributed by atoms with E-state index >= 15 is 0 Å². The third kappa shape index (κ3) is 6.32. The van der Waals surface area contributed by atoms with E-state index in [0.717, 1.165) is 30.3 Å². The molecule has 1 N–H and O–H groups in total. The maximum Gasteiger partial charge on any atom is 0.406 e. The number of anilines is 2. The summed E-state index contributed by atoms with van der Waals surface area (Å²) >= 11 is 31.0. The number of benzene rings is 3. The Morgan fingerprint density at radius 3 is 2.11 bits per heavy atom. The second kappa shape index (κ2) is 10.7. The van der Waals surface area contributed by atoms with Crippen LogP contribution in [0.4, 0.5) is 28.9 Å². The maximum absolute atomic E-state index is 13.3. The fraction of sp³-hybridized carbons (Fsp3) is 0.200. The number of carbonyl (C=O) groups excluding carboxylic acids is 2. The molecule has 4 rings (SSSR count). The molecule has 200 valence electrons. The minimum absolute atomic E-state index is 0.0627. The van der Waals surface area contributed by atoms with Crippen LogP contribution >= 0.6 is 58.0 Å². The van der Waals surface area contributed by atoms with Gasteiger partial charge in [0.15, 0.2) is 0 Å². The summed E-state index contributed by atoms with van der Waals surface area (Å²) in [4.78, 5) is 26.6. The summed E-state index contributed by atoms with van der Waals surface area (Å²) in [5.41, 5.74) is 0.0822. The SMILES string of the molecule is O=C(Nc1ccc(Cl)c(C(=O)N(CC(F)(F)F)c2ccc(F)cc2)c1)C1C(c2cc(Cl)cc(Cl)c2)C1(Cl)Cl. The summed E-state index contributed by atoms with van der Waals surface area (Å²) < 4.78 is 51.7. The molecule has 3 aromatic rings. The second-order valence-electron chi connectivity index (χ2n) is 8.50. The first kappa shape index (κ1) is 28.8. The Bertz CT molecular complexity index is 1380. The number of halogens is 9. The van der Waals surface area contributed by atoms with Gasteiger partial charge in [0.2, 0.25) is 5.91 Å². The van der Waals surface area contributed by atoms with Gasteiger partial charge in [-0.15, -0.1) is 23.2 Å². The zero-order valence-corrected chi connectivity index (χ0v) is 22.6. The van der Waals surface area contributed by atoms with E-state index < -0.39 is 46.5 Å². The van der Waals surface area contributed by atoms with Gasteiger partial charge >= 0.3 is 6.18 Å². The Morgan fingerprint density at radius 2 is 1.53 bits per heavy atom. The second-order valence-corrected chi connectivity index (χ2v) is 11.2. The van der Waals surface area contributed by atoms with Crippen LogP contribution in [0.25, 0.3) is 0 Å². The molecule has 38 heavy (non-hydrogen) atoms. The van der Waals surface area contributed by atoms with Crippen LogP contribution in [0.5, 0.6) is 0 Å². The summed E-state index contributed by atoms with van der Waals surface area (Å²) in [7, 11) is 0. The molecular weight excluding hydrogens is 614 g/mol. The molecule has 3 aromatic carbocycles. The van der Waals surface area contributed by atoms with E-state index in [1.54, 1.807) is 12.1 Å². The molecule has 0 spiro atoms. The molecule has 1 aliphatic rings. The number of amides is 2. The maximum atomic E-state index is 13.3. The Kier molecular flexibility index (Phi) is 8.13. The lowest BCUT2D eigenvalue weighted by molar-refractivity contribution is -0.119. The molecule has 2 amide bonds. The summed E-state index contributed by atoms with van der Waals surface area (Å²) in [5.74, 6) is -3.98. The third-order valence-corrected chi connectivity index (χ3v) is 7.47. The molecule has 13 heteroatoms. The van der Waals surface area contributed by atoms with E-state index in [0.29, 0.717) is 20.5 Å². The quantitative estimate of drug-likeness (QED) is 0.220. The van der Waals surface area contributed by atoms with Crippen LogP contribution in [0.15, 0.2) is 60.7 Å². The Balaban J connectivity index is 1.59. The van der Waals surface area contributed by atoms with Gasteiger partial charge < -0.3 is 5.32 Å². The fourth-order valence-electron chi connectivity index (χ4n) is 4.04. The van der Waals surface area contributed by atoms with Crippen molar-refractivity contribution in [1.82, 2.24) is 0 Å². The van der Waals surface area contributed by atoms with E-state index in [-0.39, 0.29) is 22.0 Å². The summed E-state index contributed by atoms with van der Waals surface area (Å²) in [6, 6.07) is 12.3. The van der Waals surface area contributed by atoms with Crippen LogP contribution in [-0.2, 0) is 4.79 Å². The van der Waals surface area contributed by atoms with E-state index in [1.165, 1.54) is 18.2 Å². The van der Waals surface area contributed by atoms with Crippen LogP contribution in [0.2, 0.25) is 15.1 Å². The van der Waals surface area contributed by atoms with Crippen LogP contribution in [0.3, 0.4) is 0 Å². The summed E-state index contributed by atoms with van der Waals surface area (Å²) in [6.45, 7) is -1.66. The smallest absolute Gasteiger partial charge is 0.326 e. The standard InChI is InChI=1S/C25H15Cl5F4N2O2/c26-13-7-12(8-14(27)9-13)20-21(25(20,29)30)22(37)35-16-3-6-19(28)18(10-16)23(38)36(11-24(32,33)34)17-4-1-15(31)2-5-17/h1-10,20-21H,11H2,(H,35,37). The number of alkyl halides is 5. The molecule has 0 aromatic heterocycles. The number of hydrogen-bond acceptors (Lipinski definition) is 2. The zero-order valence-electron chi connectivity index (χ0n) is 18.8. The Hall–Kier alpha value is -2.23. The van der Waals surface area contributed by atoms with Gasteiger partial charge in [0.25, 0.3) is 5.91 Å². The van der Waals surface area contributed by atoms with Gasteiger partial charge in [-0.25, -0.2) is 4.39 Å². The number of hydrogen-bond donors (Lipinski definition) is 1. The topological polar surface area (TPSA) is 49.4 Å². The van der Waals surface area contributed by atoms with Crippen LogP contribution in [0, 0.1) is 11.7 Å². The average molecular weight is 629 g/mol. The van der Waals surface area contributed by atoms with E-state index in [9.17, 15) is 27.2 Å². The van der Waals surface area contributed by atoms with Crippen molar-refractivity contribution in [2.45, 2.75) is 16.4 Å². The highest BCUT2D eigenvalue weighted by atomic mass is 35.5. The van der Waals surface area contributed by atoms with Crippen molar-refractivity contribution in [1.29, 1.82) is 0 Å². The minimum atomic E-state index is -4.77. The van der Waals surface area contributed by atoms with E-state index in [4.69, 9.17) is 58.0 Å². The number of carbonyl (C=O) groups is 2. The number of nitrogens with zero attached hydrogens (tertiary/aromatic N) is 1. The highest BCUT2D eigenvalue weighted by Gasteiger charge is 2.67. The van der Waals surface area contributed by atoms with Gasteiger partial charge in [0, 0.05) is 27.3 Å². The predicted molar refractivity (Wildman–Crippen MR) is 141 cm³/mol. The van der Waals surface area contributed by atoms with Crippen LogP contribution in [0.1, 0.15) is 21.8 Å². The highest BCUT2D eigenvalue weighted by Crippen LogP contribution is 2.65. The molecule has 1 saturated carbocycles. The molecule has 0 bridgehead atoms. The van der Waals surface area contributed by atoms with E-state index in [1.807, 2.05) is 0 Å². The summed E-state index contributed by atoms with van der Waals surface area (Å²) in [5, 5.41) is 3.06. The van der Waals surface area contributed by atoms with Gasteiger partial charge in [0.05, 0.1) is 16.5 Å². The predicted octanol–water partition coefficient (Wildman–Crippen LogP) is 8.52. The van der Waals surface area contributed by atoms with Gasteiger partial charge in [-0.1, -0.05) is 34.8 Å². The molecule has 0 saturated heterocycles. The van der Waals surface area contributed by atoms with Crippen LogP contribution in [-0.4, -0.2) is 28.9 Å². The average Bonchev–Trinajstić information content (AvgIpc) is 3.40. The van der Waals surface area contributed by atoms with Crippen molar-refractivity contribution < 1.29 is 27.2 Å². The highest BCUT2D eigenvalue weighted by molar-refractivity contribution is 6.53. The Labute approximate surface area is 239 Å². The lowest BCUT2D eigenvalue weighted by Gasteiger charge is -2.25. The minimum Gasteiger partial charge on any atom is -0.326 e. The fourth-order valence-corrected chi connectivity index (χ4v) is 5.60. The van der Waals surface area contributed by atoms with Crippen LogP contribution < -0.4 is 10.2 Å². The largest absolute Gasteiger partial charge is 0.406 e. The lowest BCUT2D eigenvalue weighted by atomic mass is 10.1.